The summed E-state index contributed by atoms with van der Waals surface area (Å²) in [4.78, 5) is 10.8. The highest BCUT2D eigenvalue weighted by Gasteiger charge is 2.31. The molecule has 0 heterocycles. The van der Waals surface area contributed by atoms with Crippen molar-refractivity contribution in [3.05, 3.63) is 0 Å². The second-order valence-electron chi connectivity index (χ2n) is 3.70. The Hall–Kier alpha value is -0.650. The van der Waals surface area contributed by atoms with Crippen LogP contribution in [0.3, 0.4) is 0 Å². The molecule has 0 bridgehead atoms. The van der Waals surface area contributed by atoms with E-state index in [1.165, 1.54) is 7.11 Å². The first-order valence-electron chi connectivity index (χ1n) is 4.72. The van der Waals surface area contributed by atoms with Crippen molar-refractivity contribution in [3.8, 4) is 0 Å². The van der Waals surface area contributed by atoms with Crippen molar-refractivity contribution in [2.45, 2.75) is 31.4 Å². The Balaban J connectivity index is 2.41. The molecular formula is C9H17NO4. The van der Waals surface area contributed by atoms with E-state index in [1.54, 1.807) is 0 Å². The summed E-state index contributed by atoms with van der Waals surface area (Å²) in [5.41, 5.74) is 5.74. The molecular weight excluding hydrogens is 186 g/mol. The van der Waals surface area contributed by atoms with Gasteiger partial charge in [0.15, 0.2) is 0 Å². The van der Waals surface area contributed by atoms with Gasteiger partial charge < -0.3 is 20.3 Å². The van der Waals surface area contributed by atoms with E-state index in [-0.39, 0.29) is 24.9 Å². The van der Waals surface area contributed by atoms with Crippen LogP contribution in [0.25, 0.3) is 0 Å². The van der Waals surface area contributed by atoms with E-state index < -0.39 is 5.97 Å². The predicted octanol–water partition coefficient (Wildman–Crippen LogP) is 0.188. The molecule has 14 heavy (non-hydrogen) atoms. The first-order valence-corrected chi connectivity index (χ1v) is 4.72. The average molecular weight is 203 g/mol. The highest BCUT2D eigenvalue weighted by molar-refractivity contribution is 5.70. The largest absolute Gasteiger partial charge is 0.481 e. The minimum absolute atomic E-state index is 0.0771. The van der Waals surface area contributed by atoms with Gasteiger partial charge in [0.1, 0.15) is 6.79 Å². The van der Waals surface area contributed by atoms with Crippen LogP contribution in [0.5, 0.6) is 0 Å². The maximum atomic E-state index is 10.8. The third-order valence-corrected chi connectivity index (χ3v) is 2.47. The summed E-state index contributed by atoms with van der Waals surface area (Å²) in [7, 11) is 1.54. The first-order chi connectivity index (χ1) is 6.63. The summed E-state index contributed by atoms with van der Waals surface area (Å²) >= 11 is 0. The normalized spacial score (nSPS) is 32.9. The molecule has 0 unspecified atom stereocenters. The Morgan fingerprint density at radius 1 is 1.50 bits per heavy atom. The zero-order valence-corrected chi connectivity index (χ0v) is 8.31. The van der Waals surface area contributed by atoms with Crippen molar-refractivity contribution in [2.75, 3.05) is 13.9 Å². The molecule has 0 spiro atoms. The maximum absolute atomic E-state index is 10.8. The van der Waals surface area contributed by atoms with E-state index in [4.69, 9.17) is 20.3 Å². The summed E-state index contributed by atoms with van der Waals surface area (Å²) in [6.07, 6.45) is 1.71. The number of nitrogens with two attached hydrogens (primary N) is 1. The zero-order chi connectivity index (χ0) is 10.6. The lowest BCUT2D eigenvalue weighted by atomic mass is 9.84. The molecule has 82 valence electrons. The van der Waals surface area contributed by atoms with Crippen LogP contribution in [0, 0.1) is 5.92 Å². The van der Waals surface area contributed by atoms with Crippen molar-refractivity contribution in [3.63, 3.8) is 0 Å². The number of ether oxygens (including phenoxy) is 2. The van der Waals surface area contributed by atoms with Crippen LogP contribution in [-0.2, 0) is 14.3 Å². The van der Waals surface area contributed by atoms with E-state index >= 15 is 0 Å². The minimum Gasteiger partial charge on any atom is -0.481 e. The van der Waals surface area contributed by atoms with Gasteiger partial charge in [-0.3, -0.25) is 4.79 Å². The molecule has 1 rings (SSSR count). The number of carboxylic acids is 1. The quantitative estimate of drug-likeness (QED) is 0.637. The van der Waals surface area contributed by atoms with Gasteiger partial charge in [0.2, 0.25) is 0 Å². The first kappa shape index (κ1) is 11.4. The summed E-state index contributed by atoms with van der Waals surface area (Å²) in [5, 5.41) is 8.86. The smallest absolute Gasteiger partial charge is 0.306 e. The molecule has 5 heteroatoms. The fourth-order valence-electron chi connectivity index (χ4n) is 1.81. The van der Waals surface area contributed by atoms with E-state index in [0.29, 0.717) is 19.3 Å². The standard InChI is InChI=1S/C9H17NO4/c1-13-5-14-8-3-6(9(11)12)2-7(10)4-8/h6-8H,2-5,10H2,1H3,(H,11,12)/t6-,7+,8-/m1/s1. The topological polar surface area (TPSA) is 81.8 Å². The molecule has 0 aromatic rings. The predicted molar refractivity (Wildman–Crippen MR) is 49.7 cm³/mol. The molecule has 0 aliphatic heterocycles. The SMILES string of the molecule is COCO[C@H]1C[C@@H](N)C[C@@H](C(=O)O)C1. The second kappa shape index (κ2) is 5.29. The summed E-state index contributed by atoms with van der Waals surface area (Å²) in [5.74, 6) is -1.16. The summed E-state index contributed by atoms with van der Waals surface area (Å²) < 4.78 is 10.1. The maximum Gasteiger partial charge on any atom is 0.306 e. The molecule has 1 fully saturated rings. The van der Waals surface area contributed by atoms with Gasteiger partial charge in [0, 0.05) is 13.2 Å². The summed E-state index contributed by atoms with van der Waals surface area (Å²) in [6.45, 7) is 0.198. The molecule has 0 aromatic heterocycles. The Bertz CT molecular complexity index is 197. The van der Waals surface area contributed by atoms with Gasteiger partial charge in [0.25, 0.3) is 0 Å². The van der Waals surface area contributed by atoms with Gasteiger partial charge in [0.05, 0.1) is 12.0 Å². The number of rotatable bonds is 4. The third kappa shape index (κ3) is 3.25. The van der Waals surface area contributed by atoms with E-state index in [2.05, 4.69) is 0 Å². The van der Waals surface area contributed by atoms with E-state index in [1.807, 2.05) is 0 Å². The van der Waals surface area contributed by atoms with Crippen molar-refractivity contribution >= 4 is 5.97 Å². The number of carboxylic acid groups (broad SMARTS) is 1. The fourth-order valence-corrected chi connectivity index (χ4v) is 1.81. The number of methoxy groups -OCH3 is 1. The van der Waals surface area contributed by atoms with Gasteiger partial charge in [-0.25, -0.2) is 0 Å². The molecule has 3 atom stereocenters. The average Bonchev–Trinajstić information content (AvgIpc) is 2.14. The molecule has 1 saturated carbocycles. The van der Waals surface area contributed by atoms with E-state index in [0.717, 1.165) is 0 Å². The molecule has 1 aliphatic rings. The lowest BCUT2D eigenvalue weighted by Crippen LogP contribution is -2.39. The van der Waals surface area contributed by atoms with Crippen LogP contribution in [0.15, 0.2) is 0 Å². The van der Waals surface area contributed by atoms with Crippen LogP contribution in [0.4, 0.5) is 0 Å². The number of hydrogen-bond donors (Lipinski definition) is 2. The molecule has 0 saturated heterocycles. The van der Waals surface area contributed by atoms with Crippen molar-refractivity contribution in [1.29, 1.82) is 0 Å². The van der Waals surface area contributed by atoms with Gasteiger partial charge >= 0.3 is 5.97 Å². The van der Waals surface area contributed by atoms with Gasteiger partial charge in [-0.1, -0.05) is 0 Å². The van der Waals surface area contributed by atoms with Crippen LogP contribution >= 0.6 is 0 Å². The van der Waals surface area contributed by atoms with Crippen molar-refractivity contribution < 1.29 is 19.4 Å². The Labute approximate surface area is 83.2 Å². The lowest BCUT2D eigenvalue weighted by molar-refractivity contribution is -0.147. The molecule has 5 nitrogen and oxygen atoms in total. The molecule has 0 aromatic carbocycles. The van der Waals surface area contributed by atoms with Gasteiger partial charge in [-0.2, -0.15) is 0 Å². The van der Waals surface area contributed by atoms with Crippen molar-refractivity contribution in [2.24, 2.45) is 11.7 Å². The Kier molecular flexibility index (Phi) is 4.31. The molecule has 1 aliphatic carbocycles. The summed E-state index contributed by atoms with van der Waals surface area (Å²) in [6, 6.07) is -0.0771. The monoisotopic (exact) mass is 203 g/mol. The Morgan fingerprint density at radius 2 is 2.21 bits per heavy atom. The van der Waals surface area contributed by atoms with Crippen LogP contribution in [0.2, 0.25) is 0 Å². The number of hydrogen-bond acceptors (Lipinski definition) is 4. The minimum atomic E-state index is -0.786. The number of aliphatic carboxylic acids is 1. The number of carbonyl (C=O) groups is 1. The highest BCUT2D eigenvalue weighted by atomic mass is 16.7. The molecule has 0 radical (unpaired) electrons. The van der Waals surface area contributed by atoms with Crippen molar-refractivity contribution in [1.82, 2.24) is 0 Å². The van der Waals surface area contributed by atoms with Gasteiger partial charge in [-0.05, 0) is 19.3 Å². The third-order valence-electron chi connectivity index (χ3n) is 2.47. The van der Waals surface area contributed by atoms with Crippen LogP contribution < -0.4 is 5.73 Å². The lowest BCUT2D eigenvalue weighted by Gasteiger charge is -2.30. The van der Waals surface area contributed by atoms with Crippen LogP contribution in [0.1, 0.15) is 19.3 Å². The second-order valence-corrected chi connectivity index (χ2v) is 3.70. The Morgan fingerprint density at radius 3 is 2.79 bits per heavy atom. The van der Waals surface area contributed by atoms with Crippen LogP contribution in [-0.4, -0.2) is 37.1 Å². The zero-order valence-electron chi connectivity index (χ0n) is 8.31. The van der Waals surface area contributed by atoms with E-state index in [9.17, 15) is 4.79 Å². The van der Waals surface area contributed by atoms with Gasteiger partial charge in [-0.15, -0.1) is 0 Å². The molecule has 3 N–H and O–H groups in total. The molecule has 0 amide bonds. The fraction of sp³-hybridized carbons (Fsp3) is 0.889. The highest BCUT2D eigenvalue weighted by Crippen LogP contribution is 2.25.